The fourth-order valence-corrected chi connectivity index (χ4v) is 5.29. The zero-order chi connectivity index (χ0) is 12.4. The van der Waals surface area contributed by atoms with Crippen molar-refractivity contribution in [2.24, 2.45) is 0 Å². The standard InChI is InChI=1S/C16H21OS/c17-16(12-18-9-3-4-10-18)15-8-7-13-5-1-2-6-14(13)11-15/h7-8,11H,1-6,9-10,12H2/q+1. The largest absolute Gasteiger partial charge is 0.289 e. The molecule has 18 heavy (non-hydrogen) atoms. The number of aryl methyl sites for hydroxylation is 2. The maximum atomic E-state index is 12.3. The van der Waals surface area contributed by atoms with E-state index < -0.39 is 0 Å². The van der Waals surface area contributed by atoms with Crippen LogP contribution in [0.4, 0.5) is 0 Å². The van der Waals surface area contributed by atoms with Gasteiger partial charge in [-0.05, 0) is 66.6 Å². The molecule has 0 atom stereocenters. The molecule has 3 rings (SSSR count). The Morgan fingerprint density at radius 1 is 1.00 bits per heavy atom. The van der Waals surface area contributed by atoms with Crippen LogP contribution in [0.2, 0.25) is 0 Å². The van der Waals surface area contributed by atoms with Gasteiger partial charge in [0.05, 0.1) is 0 Å². The van der Waals surface area contributed by atoms with Gasteiger partial charge < -0.3 is 0 Å². The first-order valence-electron chi connectivity index (χ1n) is 7.12. The fourth-order valence-electron chi connectivity index (χ4n) is 3.03. The molecule has 1 aliphatic heterocycles. The van der Waals surface area contributed by atoms with Gasteiger partial charge in [-0.25, -0.2) is 0 Å². The molecule has 0 saturated carbocycles. The molecule has 1 aromatic carbocycles. The first-order valence-corrected chi connectivity index (χ1v) is 8.85. The zero-order valence-corrected chi connectivity index (χ0v) is 11.7. The van der Waals surface area contributed by atoms with Crippen LogP contribution in [0, 0.1) is 0 Å². The van der Waals surface area contributed by atoms with Crippen molar-refractivity contribution in [1.29, 1.82) is 0 Å². The summed E-state index contributed by atoms with van der Waals surface area (Å²) >= 11 is 0. The van der Waals surface area contributed by atoms with E-state index in [9.17, 15) is 4.79 Å². The molecule has 0 amide bonds. The number of carbonyl (C=O) groups is 1. The molecule has 1 aliphatic carbocycles. The molecule has 0 unspecified atom stereocenters. The van der Waals surface area contributed by atoms with Crippen molar-refractivity contribution in [2.45, 2.75) is 38.5 Å². The summed E-state index contributed by atoms with van der Waals surface area (Å²) in [4.78, 5) is 12.3. The van der Waals surface area contributed by atoms with Gasteiger partial charge in [-0.3, -0.25) is 4.79 Å². The molecule has 0 N–H and O–H groups in total. The Balaban J connectivity index is 1.73. The molecule has 0 bridgehead atoms. The SMILES string of the molecule is O=C(C[S+]1CCCC1)c1ccc2c(c1)CCCC2. The number of rotatable bonds is 3. The second kappa shape index (κ2) is 5.48. The lowest BCUT2D eigenvalue weighted by atomic mass is 9.90. The lowest BCUT2D eigenvalue weighted by Gasteiger charge is -2.16. The van der Waals surface area contributed by atoms with Crippen molar-refractivity contribution in [3.05, 3.63) is 34.9 Å². The van der Waals surface area contributed by atoms with Crippen LogP contribution in [0.1, 0.15) is 47.2 Å². The molecule has 1 nitrogen and oxygen atoms in total. The maximum Gasteiger partial charge on any atom is 0.211 e. The highest BCUT2D eigenvalue weighted by Gasteiger charge is 2.27. The number of hydrogen-bond donors (Lipinski definition) is 0. The van der Waals surface area contributed by atoms with Gasteiger partial charge in [0.2, 0.25) is 5.78 Å². The quantitative estimate of drug-likeness (QED) is 0.603. The summed E-state index contributed by atoms with van der Waals surface area (Å²) in [5.41, 5.74) is 3.87. The van der Waals surface area contributed by atoms with Crippen molar-refractivity contribution >= 4 is 16.7 Å². The van der Waals surface area contributed by atoms with Gasteiger partial charge in [-0.15, -0.1) is 0 Å². The van der Waals surface area contributed by atoms with E-state index in [4.69, 9.17) is 0 Å². The average molecular weight is 261 g/mol. The van der Waals surface area contributed by atoms with Crippen LogP contribution in [-0.4, -0.2) is 23.0 Å². The third-order valence-corrected chi connectivity index (χ3v) is 6.52. The summed E-state index contributed by atoms with van der Waals surface area (Å²) in [6.45, 7) is 0. The van der Waals surface area contributed by atoms with E-state index in [1.54, 1.807) is 0 Å². The van der Waals surface area contributed by atoms with E-state index in [1.807, 2.05) is 0 Å². The predicted molar refractivity (Wildman–Crippen MR) is 78.6 cm³/mol. The van der Waals surface area contributed by atoms with E-state index in [0.717, 1.165) is 11.3 Å². The number of Topliss-reactive ketones (excluding diaryl/α,β-unsaturated/α-hetero) is 1. The smallest absolute Gasteiger partial charge is 0.211 e. The molecule has 1 fully saturated rings. The van der Waals surface area contributed by atoms with Crippen LogP contribution >= 0.6 is 0 Å². The minimum atomic E-state index is 0.383. The second-order valence-electron chi connectivity index (χ2n) is 5.49. The van der Waals surface area contributed by atoms with Crippen LogP contribution < -0.4 is 0 Å². The Morgan fingerprint density at radius 2 is 1.72 bits per heavy atom. The molecule has 1 saturated heterocycles. The van der Waals surface area contributed by atoms with Gasteiger partial charge in [0, 0.05) is 5.56 Å². The molecule has 2 heteroatoms. The molecular weight excluding hydrogens is 240 g/mol. The Hall–Kier alpha value is -0.760. The Bertz CT molecular complexity index is 446. The molecule has 0 spiro atoms. The fraction of sp³-hybridized carbons (Fsp3) is 0.562. The van der Waals surface area contributed by atoms with Crippen molar-refractivity contribution in [3.8, 4) is 0 Å². The second-order valence-corrected chi connectivity index (χ2v) is 7.82. The molecule has 1 aromatic rings. The minimum absolute atomic E-state index is 0.383. The minimum Gasteiger partial charge on any atom is -0.289 e. The van der Waals surface area contributed by atoms with E-state index >= 15 is 0 Å². The third kappa shape index (κ3) is 2.64. The van der Waals surface area contributed by atoms with Gasteiger partial charge in [-0.2, -0.15) is 0 Å². The normalized spacial score (nSPS) is 19.8. The zero-order valence-electron chi connectivity index (χ0n) is 10.9. The summed E-state index contributed by atoms with van der Waals surface area (Å²) in [7, 11) is 0.391. The number of fused-ring (bicyclic) bond motifs is 1. The maximum absolute atomic E-state index is 12.3. The van der Waals surface area contributed by atoms with Gasteiger partial charge in [0.1, 0.15) is 11.5 Å². The first kappa shape index (κ1) is 12.3. The molecule has 2 aliphatic rings. The predicted octanol–water partition coefficient (Wildman–Crippen LogP) is 3.16. The molecule has 0 aromatic heterocycles. The highest BCUT2D eigenvalue weighted by Crippen LogP contribution is 2.23. The van der Waals surface area contributed by atoms with E-state index in [2.05, 4.69) is 18.2 Å². The Kier molecular flexibility index (Phi) is 3.74. The van der Waals surface area contributed by atoms with Crippen molar-refractivity contribution in [1.82, 2.24) is 0 Å². The monoisotopic (exact) mass is 261 g/mol. The topological polar surface area (TPSA) is 17.1 Å². The van der Waals surface area contributed by atoms with Crippen LogP contribution in [-0.2, 0) is 23.7 Å². The first-order chi connectivity index (χ1) is 8.83. The summed E-state index contributed by atoms with van der Waals surface area (Å²) in [6, 6.07) is 6.43. The number of hydrogen-bond acceptors (Lipinski definition) is 1. The van der Waals surface area contributed by atoms with Crippen LogP contribution in [0.5, 0.6) is 0 Å². The molecular formula is C16H21OS+. The Labute approximate surface area is 112 Å². The highest BCUT2D eigenvalue weighted by molar-refractivity contribution is 7.97. The summed E-state index contributed by atoms with van der Waals surface area (Å²) in [6.07, 6.45) is 7.64. The number of benzene rings is 1. The summed E-state index contributed by atoms with van der Waals surface area (Å²) < 4.78 is 0. The van der Waals surface area contributed by atoms with Crippen molar-refractivity contribution in [2.75, 3.05) is 17.3 Å². The average Bonchev–Trinajstić information content (AvgIpc) is 2.91. The lowest BCUT2D eigenvalue weighted by molar-refractivity contribution is 0.102. The van der Waals surface area contributed by atoms with Crippen LogP contribution in [0.25, 0.3) is 0 Å². The van der Waals surface area contributed by atoms with Crippen LogP contribution in [0.3, 0.4) is 0 Å². The van der Waals surface area contributed by atoms with Gasteiger partial charge >= 0.3 is 0 Å². The van der Waals surface area contributed by atoms with Gasteiger partial charge in [0.15, 0.2) is 5.75 Å². The number of carbonyl (C=O) groups excluding carboxylic acids is 1. The molecule has 96 valence electrons. The van der Waals surface area contributed by atoms with E-state index in [1.165, 1.54) is 61.2 Å². The van der Waals surface area contributed by atoms with Crippen molar-refractivity contribution in [3.63, 3.8) is 0 Å². The lowest BCUT2D eigenvalue weighted by Crippen LogP contribution is -2.18. The summed E-state index contributed by atoms with van der Waals surface area (Å²) in [5, 5.41) is 0. The molecule has 1 heterocycles. The van der Waals surface area contributed by atoms with Gasteiger partial charge in [-0.1, -0.05) is 12.1 Å². The van der Waals surface area contributed by atoms with Crippen LogP contribution in [0.15, 0.2) is 18.2 Å². The van der Waals surface area contributed by atoms with E-state index in [0.29, 0.717) is 16.7 Å². The number of ketones is 1. The van der Waals surface area contributed by atoms with E-state index in [-0.39, 0.29) is 0 Å². The third-order valence-electron chi connectivity index (χ3n) is 4.12. The summed E-state index contributed by atoms with van der Waals surface area (Å²) in [5.74, 6) is 3.76. The van der Waals surface area contributed by atoms with Gasteiger partial charge in [0.25, 0.3) is 0 Å². The molecule has 0 radical (unpaired) electrons. The highest BCUT2D eigenvalue weighted by atomic mass is 32.2. The van der Waals surface area contributed by atoms with Crippen molar-refractivity contribution < 1.29 is 4.79 Å². The Morgan fingerprint density at radius 3 is 2.50 bits per heavy atom.